The Morgan fingerprint density at radius 3 is 2.17 bits per heavy atom. The Labute approximate surface area is 139 Å². The topological polar surface area (TPSA) is 34.1 Å². The molecule has 3 aromatic rings. The molecule has 1 heterocycles. The molecule has 0 amide bonds. The highest BCUT2D eigenvalue weighted by atomic mass is 32.2. The van der Waals surface area contributed by atoms with Gasteiger partial charge in [-0.05, 0) is 58.6 Å². The number of rotatable bonds is 3. The molecule has 1 aromatic heterocycles. The van der Waals surface area contributed by atoms with Crippen molar-refractivity contribution in [2.45, 2.75) is 11.8 Å². The summed E-state index contributed by atoms with van der Waals surface area (Å²) in [6.07, 6.45) is 1.19. The van der Waals surface area contributed by atoms with Gasteiger partial charge in [-0.25, -0.2) is 12.8 Å². The van der Waals surface area contributed by atoms with Gasteiger partial charge in [0, 0.05) is 17.4 Å². The van der Waals surface area contributed by atoms with Crippen molar-refractivity contribution in [3.63, 3.8) is 0 Å². The van der Waals surface area contributed by atoms with Crippen LogP contribution >= 0.6 is 11.3 Å². The monoisotopic (exact) mass is 346 g/mol. The molecule has 0 unspecified atom stereocenters. The van der Waals surface area contributed by atoms with Crippen LogP contribution in [0.15, 0.2) is 58.1 Å². The van der Waals surface area contributed by atoms with E-state index in [0.29, 0.717) is 4.90 Å². The lowest BCUT2D eigenvalue weighted by atomic mass is 9.96. The first kappa shape index (κ1) is 15.9. The van der Waals surface area contributed by atoms with Crippen molar-refractivity contribution in [2.24, 2.45) is 0 Å². The van der Waals surface area contributed by atoms with Crippen molar-refractivity contribution in [2.75, 3.05) is 6.26 Å². The number of thiophene rings is 1. The molecule has 3 rings (SSSR count). The van der Waals surface area contributed by atoms with Crippen molar-refractivity contribution in [3.05, 3.63) is 64.6 Å². The Hall–Kier alpha value is -1.98. The highest BCUT2D eigenvalue weighted by Crippen LogP contribution is 2.37. The Morgan fingerprint density at radius 1 is 0.913 bits per heavy atom. The van der Waals surface area contributed by atoms with E-state index in [0.717, 1.165) is 27.8 Å². The molecule has 0 fully saturated rings. The van der Waals surface area contributed by atoms with Crippen LogP contribution in [0.4, 0.5) is 4.39 Å². The van der Waals surface area contributed by atoms with Crippen molar-refractivity contribution >= 4 is 21.2 Å². The predicted molar refractivity (Wildman–Crippen MR) is 93.0 cm³/mol. The van der Waals surface area contributed by atoms with Crippen LogP contribution in [0.25, 0.3) is 22.3 Å². The zero-order chi connectivity index (χ0) is 16.6. The minimum Gasteiger partial charge on any atom is -0.224 e. The van der Waals surface area contributed by atoms with Gasteiger partial charge in [-0.15, -0.1) is 0 Å². The maximum atomic E-state index is 13.3. The number of aryl methyl sites for hydroxylation is 1. The van der Waals surface area contributed by atoms with Crippen LogP contribution in [0.2, 0.25) is 0 Å². The summed E-state index contributed by atoms with van der Waals surface area (Å²) in [6, 6.07) is 11.6. The van der Waals surface area contributed by atoms with Gasteiger partial charge in [0.05, 0.1) is 4.90 Å². The largest absolute Gasteiger partial charge is 0.224 e. The van der Waals surface area contributed by atoms with Gasteiger partial charge in [0.25, 0.3) is 0 Å². The lowest BCUT2D eigenvalue weighted by Crippen LogP contribution is -1.96. The summed E-state index contributed by atoms with van der Waals surface area (Å²) in [6.45, 7) is 1.88. The van der Waals surface area contributed by atoms with Gasteiger partial charge >= 0.3 is 0 Å². The van der Waals surface area contributed by atoms with Crippen molar-refractivity contribution in [3.8, 4) is 22.3 Å². The molecule has 0 radical (unpaired) electrons. The van der Waals surface area contributed by atoms with Crippen LogP contribution in [0.1, 0.15) is 5.56 Å². The van der Waals surface area contributed by atoms with Crippen molar-refractivity contribution in [1.82, 2.24) is 0 Å². The lowest BCUT2D eigenvalue weighted by Gasteiger charge is -2.09. The first-order chi connectivity index (χ1) is 10.9. The van der Waals surface area contributed by atoms with Gasteiger partial charge in [-0.1, -0.05) is 18.2 Å². The molecule has 0 N–H and O–H groups in total. The quantitative estimate of drug-likeness (QED) is 0.673. The molecule has 0 atom stereocenters. The zero-order valence-electron chi connectivity index (χ0n) is 12.7. The molecule has 0 aliphatic carbocycles. The Morgan fingerprint density at radius 2 is 1.57 bits per heavy atom. The van der Waals surface area contributed by atoms with E-state index in [1.165, 1.54) is 18.4 Å². The summed E-state index contributed by atoms with van der Waals surface area (Å²) in [5, 5.41) is 4.05. The third-order valence-electron chi connectivity index (χ3n) is 3.73. The third kappa shape index (κ3) is 3.21. The molecule has 0 aliphatic rings. The first-order valence-corrected chi connectivity index (χ1v) is 9.83. The van der Waals surface area contributed by atoms with E-state index >= 15 is 0 Å². The van der Waals surface area contributed by atoms with Gasteiger partial charge in [-0.3, -0.25) is 0 Å². The van der Waals surface area contributed by atoms with E-state index < -0.39 is 9.84 Å². The summed E-state index contributed by atoms with van der Waals surface area (Å²) < 4.78 is 36.4. The summed E-state index contributed by atoms with van der Waals surface area (Å²) in [7, 11) is -3.20. The van der Waals surface area contributed by atoms with Gasteiger partial charge in [0.1, 0.15) is 5.82 Å². The number of benzene rings is 2. The third-order valence-corrected chi connectivity index (χ3v) is 5.61. The summed E-state index contributed by atoms with van der Waals surface area (Å²) in [4.78, 5) is 0.302. The van der Waals surface area contributed by atoms with Crippen LogP contribution in [-0.2, 0) is 9.84 Å². The second-order valence-corrected chi connectivity index (χ2v) is 8.21. The fourth-order valence-electron chi connectivity index (χ4n) is 2.54. The van der Waals surface area contributed by atoms with Crippen molar-refractivity contribution in [1.29, 1.82) is 0 Å². The second-order valence-electron chi connectivity index (χ2n) is 5.45. The van der Waals surface area contributed by atoms with E-state index in [-0.39, 0.29) is 5.82 Å². The summed E-state index contributed by atoms with van der Waals surface area (Å²) in [5.41, 5.74) is 4.84. The molecule has 2 aromatic carbocycles. The maximum absolute atomic E-state index is 13.3. The number of sulfone groups is 1. The van der Waals surface area contributed by atoms with Gasteiger partial charge in [0.15, 0.2) is 9.84 Å². The summed E-state index contributed by atoms with van der Waals surface area (Å²) in [5.74, 6) is -0.250. The molecule has 0 saturated carbocycles. The Kier molecular flexibility index (Phi) is 4.08. The molecule has 0 aliphatic heterocycles. The number of hydrogen-bond acceptors (Lipinski definition) is 3. The Balaban J connectivity index is 2.08. The van der Waals surface area contributed by atoms with Gasteiger partial charge in [-0.2, -0.15) is 11.3 Å². The average Bonchev–Trinajstić information content (AvgIpc) is 2.95. The minimum absolute atomic E-state index is 0.250. The minimum atomic E-state index is -3.20. The van der Waals surface area contributed by atoms with Crippen LogP contribution in [0.3, 0.4) is 0 Å². The fraction of sp³-hybridized carbons (Fsp3) is 0.111. The average molecular weight is 346 g/mol. The van der Waals surface area contributed by atoms with Crippen molar-refractivity contribution < 1.29 is 12.8 Å². The highest BCUT2D eigenvalue weighted by Gasteiger charge is 2.13. The van der Waals surface area contributed by atoms with E-state index in [1.807, 2.05) is 17.7 Å². The fourth-order valence-corrected chi connectivity index (χ4v) is 4.03. The molecule has 23 heavy (non-hydrogen) atoms. The molecular weight excluding hydrogens is 331 g/mol. The molecule has 2 nitrogen and oxygen atoms in total. The van der Waals surface area contributed by atoms with Gasteiger partial charge < -0.3 is 0 Å². The lowest BCUT2D eigenvalue weighted by molar-refractivity contribution is 0.602. The number of halogens is 1. The number of hydrogen-bond donors (Lipinski definition) is 0. The summed E-state index contributed by atoms with van der Waals surface area (Å²) >= 11 is 1.57. The molecule has 118 valence electrons. The Bertz CT molecular complexity index is 955. The SMILES string of the molecule is Cc1cc(F)ccc1-c1cscc1-c1ccc(S(C)(=O)=O)cc1. The second kappa shape index (κ2) is 5.91. The predicted octanol–water partition coefficient (Wildman–Crippen LogP) is 4.93. The van der Waals surface area contributed by atoms with Crippen LogP contribution in [0.5, 0.6) is 0 Å². The van der Waals surface area contributed by atoms with Crippen LogP contribution in [0, 0.1) is 12.7 Å². The highest BCUT2D eigenvalue weighted by molar-refractivity contribution is 7.90. The smallest absolute Gasteiger partial charge is 0.175 e. The maximum Gasteiger partial charge on any atom is 0.175 e. The zero-order valence-corrected chi connectivity index (χ0v) is 14.3. The molecule has 0 spiro atoms. The molecule has 0 bridgehead atoms. The van der Waals surface area contributed by atoms with Gasteiger partial charge in [0.2, 0.25) is 0 Å². The standard InChI is InChI=1S/C18H15FO2S2/c1-12-9-14(19)5-8-16(12)18-11-22-10-17(18)13-3-6-15(7-4-13)23(2,20)21/h3-11H,1-2H3. The molecule has 0 saturated heterocycles. The van der Waals surface area contributed by atoms with E-state index in [9.17, 15) is 12.8 Å². The van der Waals surface area contributed by atoms with Crippen LogP contribution in [-0.4, -0.2) is 14.7 Å². The van der Waals surface area contributed by atoms with Crippen LogP contribution < -0.4 is 0 Å². The normalized spacial score (nSPS) is 11.6. The molecular formula is C18H15FO2S2. The van der Waals surface area contributed by atoms with E-state index in [2.05, 4.69) is 0 Å². The van der Waals surface area contributed by atoms with E-state index in [1.54, 1.807) is 41.7 Å². The first-order valence-electron chi connectivity index (χ1n) is 6.99. The molecule has 5 heteroatoms. The van der Waals surface area contributed by atoms with E-state index in [4.69, 9.17) is 0 Å².